The van der Waals surface area contributed by atoms with E-state index in [9.17, 15) is 18.9 Å². The van der Waals surface area contributed by atoms with Crippen LogP contribution < -0.4 is 20.7 Å². The molecule has 0 radical (unpaired) electrons. The highest BCUT2D eigenvalue weighted by molar-refractivity contribution is 7.91. The number of hydrogen-bond acceptors (Lipinski definition) is 6. The van der Waals surface area contributed by atoms with Crippen LogP contribution in [0, 0.1) is 0 Å². The van der Waals surface area contributed by atoms with Crippen molar-refractivity contribution < 1.29 is 28.4 Å². The molecule has 0 bridgehead atoms. The van der Waals surface area contributed by atoms with Crippen LogP contribution >= 0.6 is 0 Å². The van der Waals surface area contributed by atoms with Crippen molar-refractivity contribution in [2.45, 2.75) is 16.7 Å². The molecule has 0 spiro atoms. The Kier molecular flexibility index (Phi) is 9.43. The first-order valence-corrected chi connectivity index (χ1v) is 11.8. The molecule has 0 saturated carbocycles. The third-order valence-electron chi connectivity index (χ3n) is 4.47. The molecule has 3 N–H and O–H groups in total. The van der Waals surface area contributed by atoms with E-state index in [1.807, 2.05) is 12.1 Å². The first kappa shape index (κ1) is 26.3. The quantitative estimate of drug-likeness (QED) is 0.252. The molecule has 186 valence electrons. The van der Waals surface area contributed by atoms with Crippen LogP contribution in [0.1, 0.15) is 6.92 Å². The van der Waals surface area contributed by atoms with Crippen LogP contribution in [-0.4, -0.2) is 42.1 Å². The Hall–Kier alpha value is -4.35. The second kappa shape index (κ2) is 12.9. The van der Waals surface area contributed by atoms with E-state index in [4.69, 9.17) is 4.74 Å². The van der Waals surface area contributed by atoms with E-state index in [2.05, 4.69) is 25.7 Å². The number of methoxy groups -OCH3 is 1. The van der Waals surface area contributed by atoms with Crippen molar-refractivity contribution in [3.63, 3.8) is 0 Å². The Bertz CT molecular complexity index is 1240. The summed E-state index contributed by atoms with van der Waals surface area (Å²) in [6, 6.07) is 22.2. The number of ether oxygens (including phenoxy) is 2. The van der Waals surface area contributed by atoms with Gasteiger partial charge in [-0.05, 0) is 36.4 Å². The van der Waals surface area contributed by atoms with Gasteiger partial charge in [-0.1, -0.05) is 36.4 Å². The minimum absolute atomic E-state index is 0.257. The van der Waals surface area contributed by atoms with Gasteiger partial charge in [0.15, 0.2) is 16.4 Å². The molecule has 0 aliphatic carbocycles. The molecule has 10 nitrogen and oxygen atoms in total. The summed E-state index contributed by atoms with van der Waals surface area (Å²) in [4.78, 5) is 40.9. The lowest BCUT2D eigenvalue weighted by Crippen LogP contribution is -2.37. The zero-order valence-electron chi connectivity index (χ0n) is 19.5. The SMILES string of the molecule is COC(=O)N/C(=N/C(=O)COc1ccccc1)Nc1ccc([S+]([O-])c2ccccc2)cc1NC(C)=O. The molecule has 3 aromatic carbocycles. The van der Waals surface area contributed by atoms with E-state index in [1.54, 1.807) is 60.7 Å². The molecule has 0 fully saturated rings. The molecule has 0 heterocycles. The van der Waals surface area contributed by atoms with Crippen molar-refractivity contribution in [2.24, 2.45) is 4.99 Å². The molecule has 0 aromatic heterocycles. The number of alkyl carbamates (subject to hydrolysis) is 1. The number of benzene rings is 3. The number of para-hydroxylation sites is 1. The largest absolute Gasteiger partial charge is 0.606 e. The third-order valence-corrected chi connectivity index (χ3v) is 5.86. The summed E-state index contributed by atoms with van der Waals surface area (Å²) in [5, 5.41) is 7.77. The van der Waals surface area contributed by atoms with Crippen molar-refractivity contribution in [3.8, 4) is 5.75 Å². The van der Waals surface area contributed by atoms with Gasteiger partial charge in [0.25, 0.3) is 5.91 Å². The standard InChI is InChI=1S/C25H24N4O6S/c1-17(30)26-22-15-20(36(33)19-11-7-4-8-12-19)13-14-21(22)27-24(29-25(32)34-2)28-23(31)16-35-18-9-5-3-6-10-18/h3-15H,16H2,1-2H3,(H,26,30)(H2,27,28,29,31,32). The van der Waals surface area contributed by atoms with Crippen LogP contribution in [0.15, 0.2) is 93.6 Å². The molecular weight excluding hydrogens is 484 g/mol. The first-order valence-electron chi connectivity index (χ1n) is 10.7. The van der Waals surface area contributed by atoms with E-state index in [1.165, 1.54) is 13.0 Å². The summed E-state index contributed by atoms with van der Waals surface area (Å²) in [5.41, 5.74) is 0.544. The van der Waals surface area contributed by atoms with Gasteiger partial charge < -0.3 is 24.7 Å². The van der Waals surface area contributed by atoms with Crippen LogP contribution in [0.3, 0.4) is 0 Å². The van der Waals surface area contributed by atoms with Crippen molar-refractivity contribution in [2.75, 3.05) is 24.4 Å². The van der Waals surface area contributed by atoms with Gasteiger partial charge in [0.2, 0.25) is 11.9 Å². The van der Waals surface area contributed by atoms with Crippen molar-refractivity contribution in [1.29, 1.82) is 0 Å². The second-order valence-corrected chi connectivity index (χ2v) is 8.65. The lowest BCUT2D eigenvalue weighted by atomic mass is 10.2. The fourth-order valence-corrected chi connectivity index (χ4v) is 4.00. The maximum atomic E-state index is 13.0. The van der Waals surface area contributed by atoms with Crippen LogP contribution in [0.2, 0.25) is 0 Å². The molecular formula is C25H24N4O6S. The molecule has 0 aliphatic heterocycles. The molecule has 3 aromatic rings. The molecule has 1 unspecified atom stereocenters. The molecule has 3 rings (SSSR count). The molecule has 1 atom stereocenters. The van der Waals surface area contributed by atoms with E-state index in [0.29, 0.717) is 15.5 Å². The van der Waals surface area contributed by atoms with Gasteiger partial charge in [-0.15, -0.1) is 0 Å². The van der Waals surface area contributed by atoms with Crippen LogP contribution in [0.25, 0.3) is 0 Å². The highest BCUT2D eigenvalue weighted by atomic mass is 32.2. The summed E-state index contributed by atoms with van der Waals surface area (Å²) in [6.45, 7) is 0.933. The number of aliphatic imine (C=N–C) groups is 1. The summed E-state index contributed by atoms with van der Waals surface area (Å²) in [5.74, 6) is -0.855. The van der Waals surface area contributed by atoms with E-state index >= 15 is 0 Å². The lowest BCUT2D eigenvalue weighted by molar-refractivity contribution is -0.119. The molecule has 36 heavy (non-hydrogen) atoms. The molecule has 0 aliphatic rings. The average molecular weight is 509 g/mol. The van der Waals surface area contributed by atoms with E-state index in [0.717, 1.165) is 7.11 Å². The van der Waals surface area contributed by atoms with Gasteiger partial charge >= 0.3 is 6.09 Å². The van der Waals surface area contributed by atoms with Gasteiger partial charge in [-0.25, -0.2) is 4.79 Å². The van der Waals surface area contributed by atoms with Crippen molar-refractivity contribution in [1.82, 2.24) is 5.32 Å². The number of carbonyl (C=O) groups excluding carboxylic acids is 3. The Morgan fingerprint density at radius 3 is 2.19 bits per heavy atom. The van der Waals surface area contributed by atoms with Crippen LogP contribution in [0.4, 0.5) is 16.2 Å². The predicted molar refractivity (Wildman–Crippen MR) is 135 cm³/mol. The fourth-order valence-electron chi connectivity index (χ4n) is 2.90. The minimum Gasteiger partial charge on any atom is -0.606 e. The number of rotatable bonds is 7. The highest BCUT2D eigenvalue weighted by Gasteiger charge is 2.19. The Morgan fingerprint density at radius 2 is 1.56 bits per heavy atom. The minimum atomic E-state index is -1.50. The summed E-state index contributed by atoms with van der Waals surface area (Å²) in [7, 11) is 1.16. The van der Waals surface area contributed by atoms with Crippen molar-refractivity contribution >= 4 is 46.4 Å². The zero-order chi connectivity index (χ0) is 25.9. The Labute approximate surface area is 210 Å². The Balaban J connectivity index is 1.85. The van der Waals surface area contributed by atoms with Crippen molar-refractivity contribution in [3.05, 3.63) is 78.9 Å². The average Bonchev–Trinajstić information content (AvgIpc) is 2.88. The number of amides is 3. The van der Waals surface area contributed by atoms with Gasteiger partial charge in [0.1, 0.15) is 5.75 Å². The second-order valence-electron chi connectivity index (χ2n) is 7.17. The number of hydrogen-bond donors (Lipinski definition) is 3. The number of nitrogens with one attached hydrogen (secondary N) is 3. The first-order chi connectivity index (χ1) is 17.4. The maximum absolute atomic E-state index is 13.0. The fraction of sp³-hybridized carbons (Fsp3) is 0.120. The van der Waals surface area contributed by atoms with Gasteiger partial charge in [-0.3, -0.25) is 14.9 Å². The van der Waals surface area contributed by atoms with Gasteiger partial charge in [0.05, 0.1) is 18.5 Å². The maximum Gasteiger partial charge on any atom is 0.413 e. The zero-order valence-corrected chi connectivity index (χ0v) is 20.3. The summed E-state index contributed by atoms with van der Waals surface area (Å²) < 4.78 is 23.0. The van der Waals surface area contributed by atoms with E-state index < -0.39 is 23.2 Å². The van der Waals surface area contributed by atoms with E-state index in [-0.39, 0.29) is 29.8 Å². The lowest BCUT2D eigenvalue weighted by Gasteiger charge is -2.16. The third kappa shape index (κ3) is 7.86. The monoisotopic (exact) mass is 508 g/mol. The number of anilines is 2. The highest BCUT2D eigenvalue weighted by Crippen LogP contribution is 2.29. The van der Waals surface area contributed by atoms with Crippen LogP contribution in [0.5, 0.6) is 5.75 Å². The predicted octanol–water partition coefficient (Wildman–Crippen LogP) is 3.54. The normalized spacial score (nSPS) is 11.7. The summed E-state index contributed by atoms with van der Waals surface area (Å²) >= 11 is -1.50. The number of carbonyl (C=O) groups is 3. The van der Waals surface area contributed by atoms with Gasteiger partial charge in [-0.2, -0.15) is 4.99 Å². The number of guanidine groups is 1. The van der Waals surface area contributed by atoms with Gasteiger partial charge in [0, 0.05) is 24.2 Å². The van der Waals surface area contributed by atoms with Crippen LogP contribution in [-0.2, 0) is 25.5 Å². The summed E-state index contributed by atoms with van der Waals surface area (Å²) in [6.07, 6.45) is -0.874. The number of nitrogens with zero attached hydrogens (tertiary/aromatic N) is 1. The smallest absolute Gasteiger partial charge is 0.413 e. The Morgan fingerprint density at radius 1 is 0.889 bits per heavy atom. The molecule has 11 heteroatoms. The molecule has 3 amide bonds. The topological polar surface area (TPSA) is 141 Å². The molecule has 0 saturated heterocycles.